The van der Waals surface area contributed by atoms with E-state index in [1.165, 1.54) is 4.80 Å². The van der Waals surface area contributed by atoms with Gasteiger partial charge >= 0.3 is 0 Å². The Morgan fingerprint density at radius 1 is 1.19 bits per heavy atom. The van der Waals surface area contributed by atoms with E-state index in [2.05, 4.69) is 20.3 Å². The summed E-state index contributed by atoms with van der Waals surface area (Å²) < 4.78 is 10.6. The molecule has 108 valence electrons. The number of benzene rings is 1. The Balaban J connectivity index is 1.91. The van der Waals surface area contributed by atoms with Crippen molar-refractivity contribution in [3.63, 3.8) is 0 Å². The van der Waals surface area contributed by atoms with Crippen molar-refractivity contribution in [3.05, 3.63) is 42.4 Å². The molecule has 0 aliphatic heterocycles. The normalized spacial score (nSPS) is 11.8. The van der Waals surface area contributed by atoms with Crippen molar-refractivity contribution in [3.8, 4) is 17.3 Å². The van der Waals surface area contributed by atoms with Gasteiger partial charge in [0.1, 0.15) is 5.60 Å². The molecule has 2 aromatic heterocycles. The van der Waals surface area contributed by atoms with Crippen molar-refractivity contribution >= 4 is 0 Å². The van der Waals surface area contributed by atoms with E-state index in [9.17, 15) is 0 Å². The molecule has 0 atom stereocenters. The fourth-order valence-corrected chi connectivity index (χ4v) is 1.71. The predicted octanol–water partition coefficient (Wildman–Crippen LogP) is 2.20. The zero-order valence-electron chi connectivity index (χ0n) is 12.0. The van der Waals surface area contributed by atoms with E-state index in [-0.39, 0.29) is 0 Å². The van der Waals surface area contributed by atoms with Crippen LogP contribution in [-0.4, -0.2) is 32.2 Å². The van der Waals surface area contributed by atoms with E-state index in [0.29, 0.717) is 17.4 Å². The van der Waals surface area contributed by atoms with E-state index in [0.717, 1.165) is 5.69 Å². The maximum atomic E-state index is 5.32. The summed E-state index contributed by atoms with van der Waals surface area (Å²) in [5.41, 5.74) is 0.766. The molecule has 0 bridgehead atoms. The SMILES string of the molecule is COC(C)(C)c1noc(-c2cnn(-c3ccccc3)n2)n1. The van der Waals surface area contributed by atoms with Crippen molar-refractivity contribution in [1.82, 2.24) is 25.1 Å². The standard InChI is InChI=1S/C14H15N5O2/c1-14(2,20-3)13-16-12(21-18-13)11-9-15-19(17-11)10-7-5-4-6-8-10/h4-9H,1-3H3. The van der Waals surface area contributed by atoms with Crippen LogP contribution in [0.1, 0.15) is 19.7 Å². The largest absolute Gasteiger partial charge is 0.371 e. The van der Waals surface area contributed by atoms with Gasteiger partial charge in [0.2, 0.25) is 5.82 Å². The van der Waals surface area contributed by atoms with Crippen LogP contribution in [0.25, 0.3) is 17.3 Å². The monoisotopic (exact) mass is 285 g/mol. The zero-order valence-corrected chi connectivity index (χ0v) is 12.0. The highest BCUT2D eigenvalue weighted by atomic mass is 16.5. The summed E-state index contributed by atoms with van der Waals surface area (Å²) >= 11 is 0. The van der Waals surface area contributed by atoms with Crippen LogP contribution in [0.5, 0.6) is 0 Å². The molecule has 0 amide bonds. The van der Waals surface area contributed by atoms with Crippen molar-refractivity contribution in [1.29, 1.82) is 0 Å². The molecule has 0 unspecified atom stereocenters. The molecule has 0 N–H and O–H groups in total. The number of nitrogens with zero attached hydrogens (tertiary/aromatic N) is 5. The number of ether oxygens (including phenoxy) is 1. The average molecular weight is 285 g/mol. The molecule has 0 radical (unpaired) electrons. The molecule has 21 heavy (non-hydrogen) atoms. The highest BCUT2D eigenvalue weighted by Crippen LogP contribution is 2.23. The van der Waals surface area contributed by atoms with Crippen molar-refractivity contribution in [2.45, 2.75) is 19.4 Å². The van der Waals surface area contributed by atoms with Gasteiger partial charge in [-0.25, -0.2) is 0 Å². The van der Waals surface area contributed by atoms with E-state index in [1.54, 1.807) is 13.3 Å². The molecule has 0 saturated carbocycles. The quantitative estimate of drug-likeness (QED) is 0.731. The van der Waals surface area contributed by atoms with Gasteiger partial charge in [0.25, 0.3) is 5.89 Å². The highest BCUT2D eigenvalue weighted by Gasteiger charge is 2.27. The summed E-state index contributed by atoms with van der Waals surface area (Å²) in [6, 6.07) is 9.60. The summed E-state index contributed by atoms with van der Waals surface area (Å²) in [5.74, 6) is 0.784. The minimum absolute atomic E-state index is 0.317. The Bertz CT molecular complexity index is 733. The third-order valence-electron chi connectivity index (χ3n) is 3.17. The molecular weight excluding hydrogens is 270 g/mol. The summed E-state index contributed by atoms with van der Waals surface area (Å²) in [5, 5.41) is 12.5. The van der Waals surface area contributed by atoms with Crippen LogP contribution in [0.15, 0.2) is 41.1 Å². The Morgan fingerprint density at radius 2 is 1.95 bits per heavy atom. The third-order valence-corrected chi connectivity index (χ3v) is 3.17. The fourth-order valence-electron chi connectivity index (χ4n) is 1.71. The van der Waals surface area contributed by atoms with Crippen molar-refractivity contribution in [2.75, 3.05) is 7.11 Å². The zero-order chi connectivity index (χ0) is 14.9. The molecule has 3 aromatic rings. The van der Waals surface area contributed by atoms with Gasteiger partial charge in [-0.15, -0.1) is 5.10 Å². The molecule has 0 spiro atoms. The maximum Gasteiger partial charge on any atom is 0.280 e. The molecule has 3 rings (SSSR count). The minimum atomic E-state index is -0.614. The van der Waals surface area contributed by atoms with E-state index < -0.39 is 5.60 Å². The van der Waals surface area contributed by atoms with E-state index >= 15 is 0 Å². The maximum absolute atomic E-state index is 5.32. The van der Waals surface area contributed by atoms with Gasteiger partial charge in [-0.2, -0.15) is 14.9 Å². The summed E-state index contributed by atoms with van der Waals surface area (Å²) in [6.45, 7) is 3.73. The molecule has 0 saturated heterocycles. The van der Waals surface area contributed by atoms with Gasteiger partial charge in [0.15, 0.2) is 5.69 Å². The van der Waals surface area contributed by atoms with Crippen LogP contribution < -0.4 is 0 Å². The second-order valence-electron chi connectivity index (χ2n) is 4.99. The molecule has 1 aromatic carbocycles. The molecule has 2 heterocycles. The van der Waals surface area contributed by atoms with E-state index in [4.69, 9.17) is 9.26 Å². The summed E-state index contributed by atoms with van der Waals surface area (Å²) in [6.07, 6.45) is 1.59. The number of aromatic nitrogens is 5. The number of methoxy groups -OCH3 is 1. The lowest BCUT2D eigenvalue weighted by Gasteiger charge is -2.17. The van der Waals surface area contributed by atoms with Gasteiger partial charge in [-0.3, -0.25) is 0 Å². The van der Waals surface area contributed by atoms with Gasteiger partial charge in [0.05, 0.1) is 11.9 Å². The number of hydrogen-bond acceptors (Lipinski definition) is 6. The Morgan fingerprint density at radius 3 is 2.67 bits per heavy atom. The summed E-state index contributed by atoms with van der Waals surface area (Å²) in [4.78, 5) is 5.83. The Hall–Kier alpha value is -2.54. The van der Waals surface area contributed by atoms with E-state index in [1.807, 2.05) is 44.2 Å². The first-order valence-electron chi connectivity index (χ1n) is 6.47. The van der Waals surface area contributed by atoms with Crippen LogP contribution in [0.3, 0.4) is 0 Å². The topological polar surface area (TPSA) is 78.9 Å². The Labute approximate surface area is 121 Å². The molecule has 7 heteroatoms. The number of para-hydroxylation sites is 1. The smallest absolute Gasteiger partial charge is 0.280 e. The van der Waals surface area contributed by atoms with Crippen LogP contribution in [0, 0.1) is 0 Å². The number of rotatable bonds is 4. The van der Waals surface area contributed by atoms with Crippen LogP contribution in [0.4, 0.5) is 0 Å². The molecular formula is C14H15N5O2. The summed E-state index contributed by atoms with van der Waals surface area (Å²) in [7, 11) is 1.60. The fraction of sp³-hybridized carbons (Fsp3) is 0.286. The lowest BCUT2D eigenvalue weighted by atomic mass is 10.1. The van der Waals surface area contributed by atoms with Gasteiger partial charge in [-0.1, -0.05) is 23.4 Å². The third kappa shape index (κ3) is 2.55. The lowest BCUT2D eigenvalue weighted by molar-refractivity contribution is 0.00973. The minimum Gasteiger partial charge on any atom is -0.371 e. The molecule has 0 aliphatic rings. The Kier molecular flexibility index (Phi) is 3.26. The van der Waals surface area contributed by atoms with Gasteiger partial charge < -0.3 is 9.26 Å². The second kappa shape index (κ2) is 5.10. The molecule has 7 nitrogen and oxygen atoms in total. The lowest BCUT2D eigenvalue weighted by Crippen LogP contribution is -2.21. The number of hydrogen-bond donors (Lipinski definition) is 0. The van der Waals surface area contributed by atoms with Crippen LogP contribution >= 0.6 is 0 Å². The van der Waals surface area contributed by atoms with Crippen LogP contribution in [-0.2, 0) is 10.3 Å². The first kappa shape index (κ1) is 13.4. The predicted molar refractivity (Wildman–Crippen MR) is 74.7 cm³/mol. The average Bonchev–Trinajstić information content (AvgIpc) is 3.17. The second-order valence-corrected chi connectivity index (χ2v) is 4.99. The molecule has 0 aliphatic carbocycles. The highest BCUT2D eigenvalue weighted by molar-refractivity contribution is 5.44. The van der Waals surface area contributed by atoms with Crippen molar-refractivity contribution in [2.24, 2.45) is 0 Å². The van der Waals surface area contributed by atoms with Gasteiger partial charge in [-0.05, 0) is 26.0 Å². The van der Waals surface area contributed by atoms with Crippen molar-refractivity contribution < 1.29 is 9.26 Å². The first-order chi connectivity index (χ1) is 10.1. The first-order valence-corrected chi connectivity index (χ1v) is 6.47. The molecule has 0 fully saturated rings. The van der Waals surface area contributed by atoms with Crippen LogP contribution in [0.2, 0.25) is 0 Å². The van der Waals surface area contributed by atoms with Gasteiger partial charge in [0, 0.05) is 7.11 Å².